The van der Waals surface area contributed by atoms with Crippen LogP contribution in [0, 0.1) is 0 Å². The summed E-state index contributed by atoms with van der Waals surface area (Å²) in [6, 6.07) is 9.59. The van der Waals surface area contributed by atoms with Gasteiger partial charge in [0.15, 0.2) is 0 Å². The molecule has 108 valence electrons. The molecule has 0 atom stereocenters. The van der Waals surface area contributed by atoms with E-state index in [1.54, 1.807) is 0 Å². The molecule has 0 N–H and O–H groups in total. The first-order chi connectivity index (χ1) is 9.30. The van der Waals surface area contributed by atoms with E-state index in [1.807, 2.05) is 58.0 Å². The van der Waals surface area contributed by atoms with Crippen LogP contribution in [0.3, 0.4) is 0 Å². The number of carbonyl (C=O) groups is 1. The maximum Gasteiger partial charge on any atom is 0.469 e. The number of benzene rings is 1. The monoisotopic (exact) mass is 276 g/mol. The molecule has 5 heteroatoms. The van der Waals surface area contributed by atoms with E-state index in [2.05, 4.69) is 0 Å². The molecule has 0 bridgehead atoms. The van der Waals surface area contributed by atoms with Crippen molar-refractivity contribution in [2.75, 3.05) is 0 Å². The summed E-state index contributed by atoms with van der Waals surface area (Å²) in [5.41, 5.74) is 0.129. The molecule has 1 aromatic rings. The SMILES string of the molecule is CC1(C)OB(CC(=O)OCc2ccccc2)OC1(C)C. The van der Waals surface area contributed by atoms with Crippen LogP contribution in [0.5, 0.6) is 0 Å². The molecule has 1 fully saturated rings. The van der Waals surface area contributed by atoms with Crippen LogP contribution in [0.4, 0.5) is 0 Å². The molecule has 0 unspecified atom stereocenters. The molecule has 1 aliphatic rings. The summed E-state index contributed by atoms with van der Waals surface area (Å²) in [4.78, 5) is 11.8. The van der Waals surface area contributed by atoms with E-state index >= 15 is 0 Å². The first kappa shape index (κ1) is 15.1. The van der Waals surface area contributed by atoms with E-state index in [1.165, 1.54) is 0 Å². The number of hydrogen-bond donors (Lipinski definition) is 0. The summed E-state index contributed by atoms with van der Waals surface area (Å²) < 4.78 is 16.8. The Morgan fingerprint density at radius 2 is 1.65 bits per heavy atom. The van der Waals surface area contributed by atoms with E-state index in [0.29, 0.717) is 0 Å². The third-order valence-corrected chi connectivity index (χ3v) is 3.88. The van der Waals surface area contributed by atoms with Gasteiger partial charge >= 0.3 is 13.1 Å². The Balaban J connectivity index is 1.82. The summed E-state index contributed by atoms with van der Waals surface area (Å²) in [7, 11) is -0.539. The molecule has 0 radical (unpaired) electrons. The highest BCUT2D eigenvalue weighted by atomic mass is 16.7. The van der Waals surface area contributed by atoms with E-state index < -0.39 is 18.3 Å². The highest BCUT2D eigenvalue weighted by Crippen LogP contribution is 2.37. The average Bonchev–Trinajstić information content (AvgIpc) is 2.56. The van der Waals surface area contributed by atoms with Gasteiger partial charge in [0.05, 0.1) is 17.5 Å². The van der Waals surface area contributed by atoms with E-state index in [-0.39, 0.29) is 18.9 Å². The van der Waals surface area contributed by atoms with Crippen LogP contribution >= 0.6 is 0 Å². The van der Waals surface area contributed by atoms with Crippen LogP contribution in [0.15, 0.2) is 30.3 Å². The third kappa shape index (κ3) is 3.41. The summed E-state index contributed by atoms with van der Waals surface area (Å²) in [5, 5.41) is 0. The Labute approximate surface area is 120 Å². The van der Waals surface area contributed by atoms with Crippen molar-refractivity contribution in [3.05, 3.63) is 35.9 Å². The highest BCUT2D eigenvalue weighted by Gasteiger charge is 2.51. The molecule has 1 aromatic carbocycles. The molecule has 0 spiro atoms. The van der Waals surface area contributed by atoms with Crippen molar-refractivity contribution in [2.45, 2.75) is 51.8 Å². The Morgan fingerprint density at radius 3 is 2.20 bits per heavy atom. The van der Waals surface area contributed by atoms with Crippen molar-refractivity contribution in [3.8, 4) is 0 Å². The Hall–Kier alpha value is -1.33. The van der Waals surface area contributed by atoms with Crippen LogP contribution in [-0.2, 0) is 25.4 Å². The summed E-state index contributed by atoms with van der Waals surface area (Å²) in [5.74, 6) is -0.313. The predicted octanol–water partition coefficient (Wildman–Crippen LogP) is 2.82. The lowest BCUT2D eigenvalue weighted by molar-refractivity contribution is -0.142. The largest absolute Gasteiger partial charge is 0.469 e. The van der Waals surface area contributed by atoms with Gasteiger partial charge in [-0.1, -0.05) is 30.3 Å². The summed E-state index contributed by atoms with van der Waals surface area (Å²) in [6.45, 7) is 8.12. The van der Waals surface area contributed by atoms with Crippen LogP contribution in [0.25, 0.3) is 0 Å². The molecular formula is C15H21BO4. The van der Waals surface area contributed by atoms with Crippen LogP contribution in [0.2, 0.25) is 6.32 Å². The molecule has 0 saturated carbocycles. The Kier molecular flexibility index (Phi) is 4.21. The van der Waals surface area contributed by atoms with Crippen molar-refractivity contribution in [1.82, 2.24) is 0 Å². The minimum atomic E-state index is -0.539. The van der Waals surface area contributed by atoms with Crippen LogP contribution < -0.4 is 0 Å². The molecule has 2 rings (SSSR count). The van der Waals surface area contributed by atoms with Gasteiger partial charge in [0.25, 0.3) is 0 Å². The molecule has 4 nitrogen and oxygen atoms in total. The molecule has 1 aliphatic heterocycles. The zero-order chi connectivity index (χ0) is 14.8. The maximum atomic E-state index is 11.8. The quantitative estimate of drug-likeness (QED) is 0.626. The summed E-state index contributed by atoms with van der Waals surface area (Å²) >= 11 is 0. The smallest absolute Gasteiger partial charge is 0.461 e. The average molecular weight is 276 g/mol. The van der Waals surface area contributed by atoms with Crippen molar-refractivity contribution >= 4 is 13.1 Å². The first-order valence-electron chi connectivity index (χ1n) is 6.85. The topological polar surface area (TPSA) is 44.8 Å². The van der Waals surface area contributed by atoms with Gasteiger partial charge in [0.2, 0.25) is 0 Å². The molecule has 20 heavy (non-hydrogen) atoms. The van der Waals surface area contributed by atoms with Gasteiger partial charge in [0.1, 0.15) is 6.61 Å². The molecule has 1 heterocycles. The third-order valence-electron chi connectivity index (χ3n) is 3.88. The fourth-order valence-corrected chi connectivity index (χ4v) is 1.98. The van der Waals surface area contributed by atoms with Crippen LogP contribution in [-0.4, -0.2) is 24.3 Å². The number of hydrogen-bond acceptors (Lipinski definition) is 4. The van der Waals surface area contributed by atoms with E-state index in [9.17, 15) is 4.79 Å². The standard InChI is InChI=1S/C15H21BO4/c1-14(2)15(3,4)20-16(19-14)10-13(17)18-11-12-8-6-5-7-9-12/h5-9H,10-11H2,1-4H3. The molecule has 0 amide bonds. The lowest BCUT2D eigenvalue weighted by Gasteiger charge is -2.32. The van der Waals surface area contributed by atoms with Gasteiger partial charge in [-0.3, -0.25) is 4.79 Å². The van der Waals surface area contributed by atoms with Crippen molar-refractivity contribution in [2.24, 2.45) is 0 Å². The lowest BCUT2D eigenvalue weighted by atomic mass is 9.85. The van der Waals surface area contributed by atoms with E-state index in [4.69, 9.17) is 14.0 Å². The van der Waals surface area contributed by atoms with Crippen LogP contribution in [0.1, 0.15) is 33.3 Å². The number of ether oxygens (including phenoxy) is 1. The van der Waals surface area contributed by atoms with Crippen molar-refractivity contribution in [1.29, 1.82) is 0 Å². The number of esters is 1. The lowest BCUT2D eigenvalue weighted by Crippen LogP contribution is -2.41. The van der Waals surface area contributed by atoms with Crippen molar-refractivity contribution < 1.29 is 18.8 Å². The van der Waals surface area contributed by atoms with Crippen molar-refractivity contribution in [3.63, 3.8) is 0 Å². The second-order valence-corrected chi connectivity index (χ2v) is 6.04. The fourth-order valence-electron chi connectivity index (χ4n) is 1.98. The fraction of sp³-hybridized carbons (Fsp3) is 0.533. The zero-order valence-corrected chi connectivity index (χ0v) is 12.5. The van der Waals surface area contributed by atoms with Gasteiger partial charge in [-0.15, -0.1) is 0 Å². The Bertz CT molecular complexity index is 454. The Morgan fingerprint density at radius 1 is 1.10 bits per heavy atom. The minimum absolute atomic E-state index is 0.111. The summed E-state index contributed by atoms with van der Waals surface area (Å²) in [6.07, 6.45) is 0.111. The second-order valence-electron chi connectivity index (χ2n) is 6.04. The predicted molar refractivity (Wildman–Crippen MR) is 77.1 cm³/mol. The van der Waals surface area contributed by atoms with Gasteiger partial charge in [-0.05, 0) is 33.3 Å². The van der Waals surface area contributed by atoms with Gasteiger partial charge in [-0.2, -0.15) is 0 Å². The molecule has 0 aromatic heterocycles. The van der Waals surface area contributed by atoms with Gasteiger partial charge < -0.3 is 14.0 Å². The number of carbonyl (C=O) groups excluding carboxylic acids is 1. The number of rotatable bonds is 4. The second kappa shape index (κ2) is 5.58. The molecular weight excluding hydrogens is 255 g/mol. The first-order valence-corrected chi connectivity index (χ1v) is 6.85. The molecule has 1 saturated heterocycles. The van der Waals surface area contributed by atoms with Gasteiger partial charge in [0, 0.05) is 0 Å². The highest BCUT2D eigenvalue weighted by molar-refractivity contribution is 6.49. The minimum Gasteiger partial charge on any atom is -0.461 e. The zero-order valence-electron chi connectivity index (χ0n) is 12.5. The van der Waals surface area contributed by atoms with Gasteiger partial charge in [-0.25, -0.2) is 0 Å². The maximum absolute atomic E-state index is 11.8. The van der Waals surface area contributed by atoms with E-state index in [0.717, 1.165) is 5.56 Å². The molecule has 0 aliphatic carbocycles. The normalized spacial score (nSPS) is 19.9.